The van der Waals surface area contributed by atoms with Crippen LogP contribution < -0.4 is 0 Å². The van der Waals surface area contributed by atoms with Crippen LogP contribution in [0, 0.1) is 35.7 Å². The third kappa shape index (κ3) is 3.32. The lowest BCUT2D eigenvalue weighted by molar-refractivity contribution is -0.385. The van der Waals surface area contributed by atoms with E-state index in [0.29, 0.717) is 5.56 Å². The maximum atomic E-state index is 14.0. The number of nitro groups is 1. The highest BCUT2D eigenvalue weighted by Gasteiger charge is 2.16. The summed E-state index contributed by atoms with van der Waals surface area (Å²) < 4.78 is 15.7. The normalized spacial score (nSPS) is 11.2. The molecular weight excluding hydrogens is 285 g/mol. The molecule has 2 aromatic rings. The first-order chi connectivity index (χ1) is 10.3. The van der Waals surface area contributed by atoms with Crippen LogP contribution in [0.4, 0.5) is 10.1 Å². The molecule has 5 nitrogen and oxygen atoms in total. The molecule has 0 amide bonds. The van der Waals surface area contributed by atoms with Crippen LogP contribution in [-0.2, 0) is 13.0 Å². The van der Waals surface area contributed by atoms with Gasteiger partial charge < -0.3 is 0 Å². The zero-order chi connectivity index (χ0) is 16.4. The SMILES string of the molecule is C[C](C)Cc1c(C)nn(Cc2ccc([N+](=O)[O-])cc2F)c1C. The average molecular weight is 304 g/mol. The number of nitro benzene ring substituents is 1. The molecule has 1 heterocycles. The molecule has 1 aromatic heterocycles. The number of nitrogens with zero attached hydrogens (tertiary/aromatic N) is 3. The summed E-state index contributed by atoms with van der Waals surface area (Å²) in [6.45, 7) is 8.28. The zero-order valence-electron chi connectivity index (χ0n) is 13.2. The second-order valence-electron chi connectivity index (χ2n) is 5.72. The number of halogens is 1. The topological polar surface area (TPSA) is 61.0 Å². The number of aryl methyl sites for hydroxylation is 1. The van der Waals surface area contributed by atoms with Crippen molar-refractivity contribution in [3.05, 3.63) is 62.6 Å². The Morgan fingerprint density at radius 1 is 1.36 bits per heavy atom. The van der Waals surface area contributed by atoms with E-state index in [1.165, 1.54) is 18.1 Å². The van der Waals surface area contributed by atoms with Crippen LogP contribution in [0.15, 0.2) is 18.2 Å². The molecule has 1 aromatic carbocycles. The molecule has 0 atom stereocenters. The minimum Gasteiger partial charge on any atom is -0.265 e. The van der Waals surface area contributed by atoms with Gasteiger partial charge >= 0.3 is 0 Å². The van der Waals surface area contributed by atoms with Gasteiger partial charge in [-0.15, -0.1) is 0 Å². The van der Waals surface area contributed by atoms with E-state index >= 15 is 0 Å². The van der Waals surface area contributed by atoms with Gasteiger partial charge in [0, 0.05) is 17.3 Å². The number of aromatic nitrogens is 2. The minimum absolute atomic E-state index is 0.244. The number of rotatable bonds is 5. The molecule has 0 spiro atoms. The monoisotopic (exact) mass is 304 g/mol. The van der Waals surface area contributed by atoms with Crippen LogP contribution in [0.2, 0.25) is 0 Å². The van der Waals surface area contributed by atoms with Crippen molar-refractivity contribution in [1.29, 1.82) is 0 Å². The van der Waals surface area contributed by atoms with E-state index in [-0.39, 0.29) is 12.2 Å². The van der Waals surface area contributed by atoms with Crippen LogP contribution in [-0.4, -0.2) is 14.7 Å². The molecule has 0 saturated carbocycles. The summed E-state index contributed by atoms with van der Waals surface area (Å²) in [4.78, 5) is 10.0. The first-order valence-electron chi connectivity index (χ1n) is 7.04. The van der Waals surface area contributed by atoms with Crippen molar-refractivity contribution >= 4 is 5.69 Å². The summed E-state index contributed by atoms with van der Waals surface area (Å²) >= 11 is 0. The second-order valence-corrected chi connectivity index (χ2v) is 5.72. The molecule has 0 N–H and O–H groups in total. The molecule has 0 aliphatic heterocycles. The van der Waals surface area contributed by atoms with E-state index in [1.54, 1.807) is 4.68 Å². The number of non-ortho nitro benzene ring substituents is 1. The van der Waals surface area contributed by atoms with Crippen molar-refractivity contribution in [1.82, 2.24) is 9.78 Å². The van der Waals surface area contributed by atoms with E-state index < -0.39 is 10.7 Å². The maximum absolute atomic E-state index is 14.0. The van der Waals surface area contributed by atoms with Crippen LogP contribution >= 0.6 is 0 Å². The lowest BCUT2D eigenvalue weighted by Crippen LogP contribution is -2.07. The Balaban J connectivity index is 2.30. The van der Waals surface area contributed by atoms with Crippen molar-refractivity contribution in [2.45, 2.75) is 40.7 Å². The smallest absolute Gasteiger partial charge is 0.265 e. The molecule has 1 radical (unpaired) electrons. The fourth-order valence-electron chi connectivity index (χ4n) is 2.44. The molecule has 117 valence electrons. The lowest BCUT2D eigenvalue weighted by atomic mass is 10.0. The lowest BCUT2D eigenvalue weighted by Gasteiger charge is -2.08. The van der Waals surface area contributed by atoms with Gasteiger partial charge in [0.05, 0.1) is 23.2 Å². The van der Waals surface area contributed by atoms with E-state index in [0.717, 1.165) is 29.4 Å². The minimum atomic E-state index is -0.603. The van der Waals surface area contributed by atoms with Gasteiger partial charge in [-0.25, -0.2) is 4.39 Å². The number of hydrogen-bond acceptors (Lipinski definition) is 3. The summed E-state index contributed by atoms with van der Waals surface area (Å²) in [6, 6.07) is 3.71. The Morgan fingerprint density at radius 3 is 2.59 bits per heavy atom. The molecular formula is C16H19FN3O2. The Hall–Kier alpha value is -2.24. The summed E-state index contributed by atoms with van der Waals surface area (Å²) in [5, 5.41) is 15.1. The molecule has 0 fully saturated rings. The van der Waals surface area contributed by atoms with Crippen molar-refractivity contribution < 1.29 is 9.31 Å². The first kappa shape index (κ1) is 16.1. The molecule has 22 heavy (non-hydrogen) atoms. The third-order valence-corrected chi connectivity index (χ3v) is 3.63. The van der Waals surface area contributed by atoms with Crippen molar-refractivity contribution in [2.75, 3.05) is 0 Å². The third-order valence-electron chi connectivity index (χ3n) is 3.63. The van der Waals surface area contributed by atoms with Gasteiger partial charge in [0.1, 0.15) is 5.82 Å². The second kappa shape index (κ2) is 6.25. The van der Waals surface area contributed by atoms with Gasteiger partial charge in [0.15, 0.2) is 0 Å². The fraction of sp³-hybridized carbons (Fsp3) is 0.375. The zero-order valence-corrected chi connectivity index (χ0v) is 13.2. The summed E-state index contributed by atoms with van der Waals surface area (Å²) in [5.41, 5.74) is 3.23. The van der Waals surface area contributed by atoms with E-state index in [9.17, 15) is 14.5 Å². The van der Waals surface area contributed by atoms with Crippen LogP contribution in [0.25, 0.3) is 0 Å². The molecule has 2 rings (SSSR count). The van der Waals surface area contributed by atoms with Gasteiger partial charge in [-0.05, 0) is 37.8 Å². The van der Waals surface area contributed by atoms with Crippen LogP contribution in [0.3, 0.4) is 0 Å². The molecule has 0 unspecified atom stereocenters. The predicted octanol–water partition coefficient (Wildman–Crippen LogP) is 3.75. The highest BCUT2D eigenvalue weighted by molar-refractivity contribution is 5.35. The van der Waals surface area contributed by atoms with Gasteiger partial charge in [0.25, 0.3) is 5.69 Å². The summed E-state index contributed by atoms with van der Waals surface area (Å²) in [7, 11) is 0. The molecule has 0 aliphatic carbocycles. The molecule has 0 saturated heterocycles. The summed E-state index contributed by atoms with van der Waals surface area (Å²) in [5.74, 6) is 0.703. The van der Waals surface area contributed by atoms with Crippen molar-refractivity contribution in [3.8, 4) is 0 Å². The predicted molar refractivity (Wildman–Crippen MR) is 82.2 cm³/mol. The largest absolute Gasteiger partial charge is 0.272 e. The van der Waals surface area contributed by atoms with Gasteiger partial charge in [-0.3, -0.25) is 14.8 Å². The van der Waals surface area contributed by atoms with Gasteiger partial charge in [-0.1, -0.05) is 13.8 Å². The van der Waals surface area contributed by atoms with Gasteiger partial charge in [0.2, 0.25) is 0 Å². The Bertz CT molecular complexity index is 708. The Labute approximate surface area is 128 Å². The Morgan fingerprint density at radius 2 is 2.05 bits per heavy atom. The van der Waals surface area contributed by atoms with E-state index in [2.05, 4.69) is 18.9 Å². The van der Waals surface area contributed by atoms with Crippen molar-refractivity contribution in [2.24, 2.45) is 0 Å². The quantitative estimate of drug-likeness (QED) is 0.624. The first-order valence-corrected chi connectivity index (χ1v) is 7.04. The average Bonchev–Trinajstić information content (AvgIpc) is 2.68. The highest BCUT2D eigenvalue weighted by Crippen LogP contribution is 2.21. The van der Waals surface area contributed by atoms with Crippen molar-refractivity contribution in [3.63, 3.8) is 0 Å². The summed E-state index contributed by atoms with van der Waals surface area (Å²) in [6.07, 6.45) is 0.848. The molecule has 0 aliphatic rings. The highest BCUT2D eigenvalue weighted by atomic mass is 19.1. The molecule has 0 bridgehead atoms. The molecule has 6 heteroatoms. The van der Waals surface area contributed by atoms with E-state index in [4.69, 9.17) is 0 Å². The standard InChI is InChI=1S/C16H19FN3O2/c1-10(2)7-15-11(3)18-19(12(15)4)9-13-5-6-14(20(21)22)8-16(13)17/h5-6,8H,7,9H2,1-4H3. The number of benzene rings is 1. The van der Waals surface area contributed by atoms with Crippen LogP contribution in [0.5, 0.6) is 0 Å². The van der Waals surface area contributed by atoms with Crippen LogP contribution in [0.1, 0.15) is 36.4 Å². The van der Waals surface area contributed by atoms with E-state index in [1.807, 2.05) is 13.8 Å². The Kier molecular flexibility index (Phi) is 4.59. The maximum Gasteiger partial charge on any atom is 0.272 e. The van der Waals surface area contributed by atoms with Gasteiger partial charge in [-0.2, -0.15) is 5.10 Å². The number of hydrogen-bond donors (Lipinski definition) is 0. The fourth-order valence-corrected chi connectivity index (χ4v) is 2.44.